The summed E-state index contributed by atoms with van der Waals surface area (Å²) in [6.45, 7) is 9.55. The van der Waals surface area contributed by atoms with Gasteiger partial charge >= 0.3 is 0 Å². The summed E-state index contributed by atoms with van der Waals surface area (Å²) in [6.07, 6.45) is 3.98. The molecule has 0 unspecified atom stereocenters. The molecule has 0 saturated heterocycles. The lowest BCUT2D eigenvalue weighted by molar-refractivity contribution is -0.116. The van der Waals surface area contributed by atoms with E-state index in [1.165, 1.54) is 0 Å². The summed E-state index contributed by atoms with van der Waals surface area (Å²) in [4.78, 5) is 16.8. The molecule has 1 aromatic carbocycles. The van der Waals surface area contributed by atoms with E-state index >= 15 is 0 Å². The van der Waals surface area contributed by atoms with E-state index in [1.54, 1.807) is 17.1 Å². The number of halogens is 3. The van der Waals surface area contributed by atoms with E-state index < -0.39 is 25.5 Å². The summed E-state index contributed by atoms with van der Waals surface area (Å²) in [5, 5.41) is 7.61. The van der Waals surface area contributed by atoms with Crippen LogP contribution in [0.2, 0.25) is 25.7 Å². The second-order valence-electron chi connectivity index (χ2n) is 9.53. The highest BCUT2D eigenvalue weighted by Gasteiger charge is 2.21. The van der Waals surface area contributed by atoms with Crippen LogP contribution in [-0.4, -0.2) is 35.4 Å². The zero-order valence-electron chi connectivity index (χ0n) is 20.5. The van der Waals surface area contributed by atoms with Gasteiger partial charge in [-0.25, -0.2) is 17.9 Å². The molecule has 10 heteroatoms. The number of pyridine rings is 1. The molecule has 1 N–H and O–H groups in total. The van der Waals surface area contributed by atoms with Gasteiger partial charge in [0.25, 0.3) is 0 Å². The average Bonchev–Trinajstić information content (AvgIpc) is 3.15. The zero-order chi connectivity index (χ0) is 25.6. The monoisotopic (exact) mass is 504 g/mol. The highest BCUT2D eigenvalue weighted by molar-refractivity contribution is 6.76. The van der Waals surface area contributed by atoms with Crippen LogP contribution in [0.1, 0.15) is 24.5 Å². The van der Waals surface area contributed by atoms with Crippen molar-refractivity contribution in [2.45, 2.75) is 58.6 Å². The number of benzene rings is 1. The molecule has 3 aromatic rings. The second-order valence-corrected chi connectivity index (χ2v) is 15.2. The van der Waals surface area contributed by atoms with Gasteiger partial charge in [-0.2, -0.15) is 5.10 Å². The number of amides is 1. The Morgan fingerprint density at radius 3 is 2.37 bits per heavy atom. The number of rotatable bonds is 11. The molecule has 3 rings (SSSR count). The predicted molar refractivity (Wildman–Crippen MR) is 132 cm³/mol. The number of hydrogen-bond acceptors (Lipinski definition) is 4. The van der Waals surface area contributed by atoms with Crippen molar-refractivity contribution in [2.24, 2.45) is 0 Å². The van der Waals surface area contributed by atoms with E-state index in [9.17, 15) is 18.0 Å². The number of nitrogens with one attached hydrogen (secondary N) is 1. The summed E-state index contributed by atoms with van der Waals surface area (Å²) >= 11 is 0. The number of aryl methyl sites for hydroxylation is 1. The molecule has 0 atom stereocenters. The summed E-state index contributed by atoms with van der Waals surface area (Å²) < 4.78 is 47.7. The molecule has 0 aliphatic heterocycles. The van der Waals surface area contributed by atoms with Crippen molar-refractivity contribution in [3.05, 3.63) is 65.2 Å². The van der Waals surface area contributed by atoms with E-state index in [0.29, 0.717) is 18.8 Å². The van der Waals surface area contributed by atoms with E-state index in [4.69, 9.17) is 9.84 Å². The van der Waals surface area contributed by atoms with Crippen molar-refractivity contribution >= 4 is 19.8 Å². The molecule has 0 aliphatic carbocycles. The van der Waals surface area contributed by atoms with Crippen molar-refractivity contribution < 1.29 is 22.7 Å². The normalized spacial score (nSPS) is 11.6. The number of nitrogens with zero attached hydrogens (tertiary/aromatic N) is 3. The highest BCUT2D eigenvalue weighted by atomic mass is 28.3. The molecule has 0 spiro atoms. The van der Waals surface area contributed by atoms with Gasteiger partial charge in [-0.15, -0.1) is 0 Å². The fraction of sp³-hybridized carbons (Fsp3) is 0.400. The summed E-state index contributed by atoms with van der Waals surface area (Å²) in [5.74, 6) is -3.90. The first-order valence-electron chi connectivity index (χ1n) is 11.6. The van der Waals surface area contributed by atoms with E-state index in [1.807, 2.05) is 19.1 Å². The molecule has 1 amide bonds. The smallest absolute Gasteiger partial charge is 0.225 e. The van der Waals surface area contributed by atoms with Gasteiger partial charge in [-0.1, -0.05) is 26.6 Å². The number of aromatic nitrogens is 3. The number of hydrogen-bond donors (Lipinski definition) is 1. The Hall–Kier alpha value is -2.98. The van der Waals surface area contributed by atoms with Gasteiger partial charge in [0.15, 0.2) is 17.5 Å². The number of anilines is 1. The van der Waals surface area contributed by atoms with Crippen LogP contribution < -0.4 is 5.32 Å². The number of ether oxygens (including phenoxy) is 1. The summed E-state index contributed by atoms with van der Waals surface area (Å²) in [5.41, 5.74) is 2.64. The van der Waals surface area contributed by atoms with Crippen LogP contribution in [0.4, 0.5) is 19.0 Å². The lowest BCUT2D eigenvalue weighted by atomic mass is 10.1. The maximum Gasteiger partial charge on any atom is 0.225 e. The van der Waals surface area contributed by atoms with E-state index in [-0.39, 0.29) is 31.0 Å². The van der Waals surface area contributed by atoms with E-state index in [2.05, 4.69) is 29.9 Å². The molecule has 0 saturated carbocycles. The third-order valence-corrected chi connectivity index (χ3v) is 7.21. The third-order valence-electron chi connectivity index (χ3n) is 5.51. The molecule has 35 heavy (non-hydrogen) atoms. The van der Waals surface area contributed by atoms with Crippen LogP contribution >= 0.6 is 0 Å². The molecule has 6 nitrogen and oxygen atoms in total. The first-order chi connectivity index (χ1) is 16.6. The Morgan fingerprint density at radius 2 is 1.77 bits per heavy atom. The average molecular weight is 505 g/mol. The predicted octanol–water partition coefficient (Wildman–Crippen LogP) is 5.81. The first-order valence-corrected chi connectivity index (χ1v) is 15.3. The molecular weight excluding hydrogens is 473 g/mol. The molecule has 0 aliphatic rings. The van der Waals surface area contributed by atoms with Gasteiger partial charge in [-0.05, 0) is 48.7 Å². The van der Waals surface area contributed by atoms with Crippen LogP contribution in [0.5, 0.6) is 0 Å². The quantitative estimate of drug-likeness (QED) is 0.203. The number of carbonyl (C=O) groups excluding carboxylic acids is 1. The molecule has 2 aromatic heterocycles. The van der Waals surface area contributed by atoms with Crippen LogP contribution in [-0.2, 0) is 29.1 Å². The number of carbonyl (C=O) groups is 1. The van der Waals surface area contributed by atoms with E-state index in [0.717, 1.165) is 35.0 Å². The van der Waals surface area contributed by atoms with Crippen molar-refractivity contribution in [1.82, 2.24) is 14.8 Å². The van der Waals surface area contributed by atoms with Gasteiger partial charge in [0, 0.05) is 44.6 Å². The van der Waals surface area contributed by atoms with Crippen LogP contribution in [0, 0.1) is 17.5 Å². The SMILES string of the molecule is CCc1c(-c2ccncc2)nn(COCC[Si](C)(C)C)c1NC(=O)CCc1cc(F)c(F)c(F)c1. The van der Waals surface area contributed by atoms with Gasteiger partial charge in [0.1, 0.15) is 12.5 Å². The Bertz CT molecular complexity index is 1140. The standard InChI is InChI=1S/C25H31F3N4O2Si/c1-5-19-24(18-8-10-29-11-9-18)31-32(16-34-12-13-35(2,3)4)25(19)30-22(33)7-6-17-14-20(26)23(28)21(27)15-17/h8-11,14-15H,5-7,12-13,16H2,1-4H3,(H,30,33). The van der Waals surface area contributed by atoms with Crippen molar-refractivity contribution in [3.63, 3.8) is 0 Å². The van der Waals surface area contributed by atoms with Gasteiger partial charge in [0.2, 0.25) is 5.91 Å². The van der Waals surface area contributed by atoms with Crippen molar-refractivity contribution in [1.29, 1.82) is 0 Å². The maximum absolute atomic E-state index is 13.5. The second kappa shape index (κ2) is 11.6. The minimum Gasteiger partial charge on any atom is -0.359 e. The van der Waals surface area contributed by atoms with Crippen LogP contribution in [0.15, 0.2) is 36.7 Å². The molecule has 0 bridgehead atoms. The molecule has 0 fully saturated rings. The summed E-state index contributed by atoms with van der Waals surface area (Å²) in [6, 6.07) is 6.50. The molecule has 2 heterocycles. The topological polar surface area (TPSA) is 69.0 Å². The third kappa shape index (κ3) is 7.25. The molecular formula is C25H31F3N4O2Si. The van der Waals surface area contributed by atoms with Gasteiger partial charge in [0.05, 0.1) is 5.69 Å². The largest absolute Gasteiger partial charge is 0.359 e. The Balaban J connectivity index is 1.79. The Morgan fingerprint density at radius 1 is 1.11 bits per heavy atom. The minimum atomic E-state index is -1.52. The van der Waals surface area contributed by atoms with Gasteiger partial charge < -0.3 is 10.1 Å². The lowest BCUT2D eigenvalue weighted by Gasteiger charge is -2.16. The van der Waals surface area contributed by atoms with Crippen LogP contribution in [0.25, 0.3) is 11.3 Å². The maximum atomic E-state index is 13.5. The van der Waals surface area contributed by atoms with Crippen LogP contribution in [0.3, 0.4) is 0 Å². The van der Waals surface area contributed by atoms with Gasteiger partial charge in [-0.3, -0.25) is 9.78 Å². The Labute approximate surface area is 204 Å². The first kappa shape index (κ1) is 26.6. The summed E-state index contributed by atoms with van der Waals surface area (Å²) in [7, 11) is -1.26. The fourth-order valence-electron chi connectivity index (χ4n) is 3.54. The van der Waals surface area contributed by atoms with Crippen molar-refractivity contribution in [3.8, 4) is 11.3 Å². The zero-order valence-corrected chi connectivity index (χ0v) is 21.5. The fourth-order valence-corrected chi connectivity index (χ4v) is 4.30. The molecule has 0 radical (unpaired) electrons. The highest BCUT2D eigenvalue weighted by Crippen LogP contribution is 2.30. The minimum absolute atomic E-state index is 0.0417. The van der Waals surface area contributed by atoms with Crippen molar-refractivity contribution in [2.75, 3.05) is 11.9 Å². The molecule has 188 valence electrons. The Kier molecular flexibility index (Phi) is 8.85. The lowest BCUT2D eigenvalue weighted by Crippen LogP contribution is -2.22.